The van der Waals surface area contributed by atoms with Crippen molar-refractivity contribution >= 4 is 45.7 Å². The van der Waals surface area contributed by atoms with E-state index in [1.54, 1.807) is 24.3 Å². The second-order valence-corrected chi connectivity index (χ2v) is 5.80. The normalized spacial score (nSPS) is 10.4. The van der Waals surface area contributed by atoms with Gasteiger partial charge in [-0.05, 0) is 24.3 Å². The van der Waals surface area contributed by atoms with Gasteiger partial charge in [0.2, 0.25) is 5.43 Å². The number of hydrogen-bond acceptors (Lipinski definition) is 3. The van der Waals surface area contributed by atoms with E-state index < -0.39 is 11.3 Å². The highest BCUT2D eigenvalue weighted by atomic mass is 35.5. The van der Waals surface area contributed by atoms with Crippen molar-refractivity contribution in [1.82, 2.24) is 4.98 Å². The van der Waals surface area contributed by atoms with Crippen LogP contribution in [0.3, 0.4) is 0 Å². The van der Waals surface area contributed by atoms with Crippen molar-refractivity contribution in [3.63, 3.8) is 0 Å². The zero-order chi connectivity index (χ0) is 17.3. The monoisotopic (exact) mass is 357 g/mol. The molecule has 0 unspecified atom stereocenters. The van der Waals surface area contributed by atoms with Crippen LogP contribution in [-0.4, -0.2) is 10.9 Å². The lowest BCUT2D eigenvalue weighted by molar-refractivity contribution is 0.102. The molecule has 0 saturated heterocycles. The number of nitrogens with zero attached hydrogens (tertiary/aromatic N) is 1. The fourth-order valence-electron chi connectivity index (χ4n) is 2.31. The molecule has 1 aromatic heterocycles. The van der Waals surface area contributed by atoms with Gasteiger partial charge in [-0.3, -0.25) is 9.59 Å². The SMILES string of the molecule is N#Cc1cc(Cl)cc(Cl)c1NC(=O)c1c[nH]c2ccccc2c1=O. The first-order valence-electron chi connectivity index (χ1n) is 6.82. The first-order valence-corrected chi connectivity index (χ1v) is 7.58. The number of nitrogens with one attached hydrogen (secondary N) is 2. The van der Waals surface area contributed by atoms with Crippen LogP contribution in [0, 0.1) is 11.3 Å². The van der Waals surface area contributed by atoms with Crippen molar-refractivity contribution in [3.05, 3.63) is 74.0 Å². The maximum Gasteiger partial charge on any atom is 0.261 e. The Balaban J connectivity index is 2.05. The van der Waals surface area contributed by atoms with Gasteiger partial charge in [-0.1, -0.05) is 35.3 Å². The van der Waals surface area contributed by atoms with E-state index >= 15 is 0 Å². The van der Waals surface area contributed by atoms with Gasteiger partial charge in [0.05, 0.1) is 16.3 Å². The zero-order valence-electron chi connectivity index (χ0n) is 12.1. The van der Waals surface area contributed by atoms with Gasteiger partial charge >= 0.3 is 0 Å². The highest BCUT2D eigenvalue weighted by Gasteiger charge is 2.17. The van der Waals surface area contributed by atoms with Crippen molar-refractivity contribution in [1.29, 1.82) is 5.26 Å². The third kappa shape index (κ3) is 2.85. The lowest BCUT2D eigenvalue weighted by Crippen LogP contribution is -2.22. The van der Waals surface area contributed by atoms with Crippen molar-refractivity contribution in [2.75, 3.05) is 5.32 Å². The average Bonchev–Trinajstić information content (AvgIpc) is 2.57. The summed E-state index contributed by atoms with van der Waals surface area (Å²) in [5.41, 5.74) is 0.356. The van der Waals surface area contributed by atoms with Crippen molar-refractivity contribution in [3.8, 4) is 6.07 Å². The number of pyridine rings is 1. The van der Waals surface area contributed by atoms with Gasteiger partial charge in [0, 0.05) is 22.1 Å². The number of H-pyrrole nitrogens is 1. The topological polar surface area (TPSA) is 85.8 Å². The molecule has 1 heterocycles. The number of aromatic amines is 1. The molecule has 1 amide bonds. The molecule has 0 aliphatic heterocycles. The van der Waals surface area contributed by atoms with Crippen LogP contribution in [0.5, 0.6) is 0 Å². The number of carbonyl (C=O) groups excluding carboxylic acids is 1. The van der Waals surface area contributed by atoms with Gasteiger partial charge < -0.3 is 10.3 Å². The lowest BCUT2D eigenvalue weighted by atomic mass is 10.1. The minimum absolute atomic E-state index is 0.0800. The van der Waals surface area contributed by atoms with Gasteiger partial charge in [-0.15, -0.1) is 0 Å². The molecule has 0 bridgehead atoms. The molecule has 3 aromatic rings. The number of aromatic nitrogens is 1. The highest BCUT2D eigenvalue weighted by molar-refractivity contribution is 6.37. The van der Waals surface area contributed by atoms with Crippen LogP contribution in [0.4, 0.5) is 5.69 Å². The van der Waals surface area contributed by atoms with E-state index in [9.17, 15) is 9.59 Å². The number of benzene rings is 2. The van der Waals surface area contributed by atoms with Crippen LogP contribution in [0.25, 0.3) is 10.9 Å². The summed E-state index contributed by atoms with van der Waals surface area (Å²) in [6.45, 7) is 0. The Bertz CT molecular complexity index is 1070. The number of anilines is 1. The Labute approximate surface area is 146 Å². The summed E-state index contributed by atoms with van der Waals surface area (Å²) in [7, 11) is 0. The first kappa shape index (κ1) is 16.1. The van der Waals surface area contributed by atoms with E-state index in [0.717, 1.165) is 0 Å². The van der Waals surface area contributed by atoms with Gasteiger partial charge in [0.25, 0.3) is 5.91 Å². The standard InChI is InChI=1S/C17H9Cl2N3O2/c18-10-5-9(7-20)15(13(19)6-10)22-17(24)12-8-21-14-4-2-1-3-11(14)16(12)23/h1-6,8H,(H,21,23)(H,22,24). The van der Waals surface area contributed by atoms with Gasteiger partial charge in [-0.25, -0.2) is 0 Å². The van der Waals surface area contributed by atoms with Crippen LogP contribution < -0.4 is 10.7 Å². The van der Waals surface area contributed by atoms with Crippen molar-refractivity contribution in [2.45, 2.75) is 0 Å². The molecule has 0 aliphatic rings. The summed E-state index contributed by atoms with van der Waals surface area (Å²) in [5, 5.41) is 12.5. The number of amides is 1. The van der Waals surface area contributed by atoms with Crippen LogP contribution in [0.1, 0.15) is 15.9 Å². The molecule has 3 rings (SSSR count). The molecule has 118 valence electrons. The summed E-state index contributed by atoms with van der Waals surface area (Å²) >= 11 is 11.9. The molecule has 2 aromatic carbocycles. The number of rotatable bonds is 2. The molecule has 5 nitrogen and oxygen atoms in total. The van der Waals surface area contributed by atoms with Crippen molar-refractivity contribution < 1.29 is 4.79 Å². The minimum Gasteiger partial charge on any atom is -0.360 e. The summed E-state index contributed by atoms with van der Waals surface area (Å²) in [4.78, 5) is 27.8. The average molecular weight is 358 g/mol. The second-order valence-electron chi connectivity index (χ2n) is 4.95. The maximum absolute atomic E-state index is 12.5. The smallest absolute Gasteiger partial charge is 0.261 e. The number of fused-ring (bicyclic) bond motifs is 1. The predicted molar refractivity (Wildman–Crippen MR) is 93.7 cm³/mol. The molecule has 0 spiro atoms. The van der Waals surface area contributed by atoms with E-state index in [0.29, 0.717) is 10.9 Å². The molecular formula is C17H9Cl2N3O2. The molecular weight excluding hydrogens is 349 g/mol. The summed E-state index contributed by atoms with van der Waals surface area (Å²) in [6.07, 6.45) is 1.33. The number of nitriles is 1. The molecule has 0 atom stereocenters. The van der Waals surface area contributed by atoms with E-state index in [-0.39, 0.29) is 26.9 Å². The summed E-state index contributed by atoms with van der Waals surface area (Å²) < 4.78 is 0. The Morgan fingerprint density at radius 2 is 1.96 bits per heavy atom. The molecule has 24 heavy (non-hydrogen) atoms. The van der Waals surface area contributed by atoms with Gasteiger partial charge in [0.1, 0.15) is 11.6 Å². The van der Waals surface area contributed by atoms with Gasteiger partial charge in [0.15, 0.2) is 0 Å². The predicted octanol–water partition coefficient (Wildman–Crippen LogP) is 3.96. The number of hydrogen-bond donors (Lipinski definition) is 2. The fraction of sp³-hybridized carbons (Fsp3) is 0. The third-order valence-electron chi connectivity index (χ3n) is 3.45. The molecule has 0 aliphatic carbocycles. The fourth-order valence-corrected chi connectivity index (χ4v) is 2.85. The molecule has 0 fully saturated rings. The zero-order valence-corrected chi connectivity index (χ0v) is 13.6. The number of carbonyl (C=O) groups is 1. The largest absolute Gasteiger partial charge is 0.360 e. The Kier molecular flexibility index (Phi) is 4.26. The van der Waals surface area contributed by atoms with E-state index in [1.165, 1.54) is 18.3 Å². The first-order chi connectivity index (χ1) is 11.5. The minimum atomic E-state index is -0.664. The van der Waals surface area contributed by atoms with E-state index in [4.69, 9.17) is 28.5 Å². The van der Waals surface area contributed by atoms with Crippen LogP contribution in [0.15, 0.2) is 47.4 Å². The van der Waals surface area contributed by atoms with Crippen LogP contribution in [-0.2, 0) is 0 Å². The number of para-hydroxylation sites is 1. The van der Waals surface area contributed by atoms with Crippen LogP contribution in [0.2, 0.25) is 10.0 Å². The molecule has 2 N–H and O–H groups in total. The van der Waals surface area contributed by atoms with E-state index in [2.05, 4.69) is 10.3 Å². The highest BCUT2D eigenvalue weighted by Crippen LogP contribution is 2.30. The molecule has 0 radical (unpaired) electrons. The van der Waals surface area contributed by atoms with E-state index in [1.807, 2.05) is 6.07 Å². The second kappa shape index (κ2) is 6.36. The van der Waals surface area contributed by atoms with Gasteiger partial charge in [-0.2, -0.15) is 5.26 Å². The summed E-state index contributed by atoms with van der Waals surface area (Å²) in [5.74, 6) is -0.664. The molecule has 7 heteroatoms. The summed E-state index contributed by atoms with van der Waals surface area (Å²) in [6, 6.07) is 11.6. The third-order valence-corrected chi connectivity index (χ3v) is 3.96. The Morgan fingerprint density at radius 1 is 1.21 bits per heavy atom. The quantitative estimate of drug-likeness (QED) is 0.727. The number of halogens is 2. The van der Waals surface area contributed by atoms with Crippen molar-refractivity contribution in [2.24, 2.45) is 0 Å². The maximum atomic E-state index is 12.5. The lowest BCUT2D eigenvalue weighted by Gasteiger charge is -2.10. The Hall–Kier alpha value is -2.81. The Morgan fingerprint density at radius 3 is 2.71 bits per heavy atom. The molecule has 0 saturated carbocycles. The van der Waals surface area contributed by atoms with Crippen LogP contribution >= 0.6 is 23.2 Å².